The second-order valence-corrected chi connectivity index (χ2v) is 5.25. The monoisotopic (exact) mass is 308 g/mol. The lowest BCUT2D eigenvalue weighted by atomic mass is 10.1. The number of carbonyl (C=O) groups is 3. The van der Waals surface area contributed by atoms with E-state index < -0.39 is 17.1 Å². The van der Waals surface area contributed by atoms with Crippen LogP contribution in [-0.2, 0) is 19.1 Å². The molecule has 114 valence electrons. The van der Waals surface area contributed by atoms with Crippen molar-refractivity contribution in [1.82, 2.24) is 0 Å². The molecule has 0 aromatic rings. The number of hydrogen-bond donors (Lipinski definition) is 1. The molecule has 0 atom stereocenters. The highest BCUT2D eigenvalue weighted by molar-refractivity contribution is 7.96. The molecule has 0 saturated heterocycles. The van der Waals surface area contributed by atoms with Gasteiger partial charge >= 0.3 is 11.9 Å². The zero-order valence-electron chi connectivity index (χ0n) is 12.1. The van der Waals surface area contributed by atoms with Gasteiger partial charge in [0.15, 0.2) is 5.12 Å². The van der Waals surface area contributed by atoms with E-state index in [2.05, 4.69) is 23.4 Å². The van der Waals surface area contributed by atoms with Crippen LogP contribution in [0.25, 0.3) is 0 Å². The number of thiol groups is 1. The fourth-order valence-electron chi connectivity index (χ4n) is 1.99. The number of cyclic esters (lactones) is 2. The van der Waals surface area contributed by atoms with Gasteiger partial charge in [0, 0.05) is 6.42 Å². The molecular weight excluding hydrogens is 288 g/mol. The minimum atomic E-state index is -0.742. The molecule has 0 N–H and O–H groups in total. The van der Waals surface area contributed by atoms with Crippen molar-refractivity contribution in [1.29, 1.82) is 0 Å². The smallest absolute Gasteiger partial charge is 0.346 e. The van der Waals surface area contributed by atoms with Crippen LogP contribution in [0, 0.1) is 0 Å². The van der Waals surface area contributed by atoms with E-state index in [1.165, 1.54) is 0 Å². The van der Waals surface area contributed by atoms with Gasteiger partial charge in [0.05, 0.1) is 11.1 Å². The molecule has 1 heterocycles. The van der Waals surface area contributed by atoms with Crippen molar-refractivity contribution in [2.45, 2.75) is 45.4 Å². The van der Waals surface area contributed by atoms with Crippen molar-refractivity contribution < 1.29 is 19.1 Å². The molecule has 0 aromatic heterocycles. The van der Waals surface area contributed by atoms with E-state index in [1.54, 1.807) is 6.08 Å². The fourth-order valence-corrected chi connectivity index (χ4v) is 2.15. The third-order valence-electron chi connectivity index (χ3n) is 3.07. The van der Waals surface area contributed by atoms with E-state index in [0.717, 1.165) is 32.1 Å². The van der Waals surface area contributed by atoms with Crippen molar-refractivity contribution >= 4 is 29.7 Å². The zero-order valence-corrected chi connectivity index (χ0v) is 13.0. The molecule has 21 heavy (non-hydrogen) atoms. The van der Waals surface area contributed by atoms with E-state index in [0.29, 0.717) is 0 Å². The number of allylic oxidation sites excluding steroid dienone is 3. The van der Waals surface area contributed by atoms with Crippen LogP contribution in [0.3, 0.4) is 0 Å². The molecule has 0 aromatic carbocycles. The van der Waals surface area contributed by atoms with Gasteiger partial charge in [-0.15, -0.1) is 12.6 Å². The normalized spacial score (nSPS) is 15.5. The Labute approximate surface area is 130 Å². The first-order valence-electron chi connectivity index (χ1n) is 7.05. The molecule has 1 aliphatic heterocycles. The predicted molar refractivity (Wildman–Crippen MR) is 83.8 cm³/mol. The number of esters is 2. The average Bonchev–Trinajstić information content (AvgIpc) is 2.67. The van der Waals surface area contributed by atoms with Gasteiger partial charge in [-0.1, -0.05) is 30.7 Å². The summed E-state index contributed by atoms with van der Waals surface area (Å²) in [4.78, 5) is 33.9. The Kier molecular flexibility index (Phi) is 7.75. The van der Waals surface area contributed by atoms with Gasteiger partial charge in [-0.05, 0) is 32.6 Å². The summed E-state index contributed by atoms with van der Waals surface area (Å²) >= 11 is 3.63. The van der Waals surface area contributed by atoms with Gasteiger partial charge in [0.25, 0.3) is 0 Å². The number of ether oxygens (including phenoxy) is 1. The summed E-state index contributed by atoms with van der Waals surface area (Å²) in [7, 11) is 0. The van der Waals surface area contributed by atoms with E-state index in [-0.39, 0.29) is 17.6 Å². The molecule has 1 rings (SSSR count). The minimum absolute atomic E-state index is 0.101. The molecular formula is C16H20O4S. The summed E-state index contributed by atoms with van der Waals surface area (Å²) in [6, 6.07) is 0. The summed E-state index contributed by atoms with van der Waals surface area (Å²) in [6.07, 6.45) is 12.6. The fraction of sp³-hybridized carbons (Fsp3) is 0.438. The van der Waals surface area contributed by atoms with Gasteiger partial charge < -0.3 is 4.74 Å². The summed E-state index contributed by atoms with van der Waals surface area (Å²) in [6.45, 7) is 2.01. The van der Waals surface area contributed by atoms with Crippen LogP contribution in [0.4, 0.5) is 0 Å². The first kappa shape index (κ1) is 17.4. The molecule has 0 bridgehead atoms. The molecule has 0 unspecified atom stereocenters. The van der Waals surface area contributed by atoms with Crippen LogP contribution in [-0.4, -0.2) is 17.1 Å². The highest BCUT2D eigenvalue weighted by Gasteiger charge is 2.31. The average molecular weight is 308 g/mol. The molecule has 1 aliphatic rings. The SMILES string of the molecule is C/C=C/CCCCC/C=C/C1=C(CC(=O)S)C(=O)OC1=O. The second kappa shape index (κ2) is 9.34. The first-order valence-corrected chi connectivity index (χ1v) is 7.50. The Hall–Kier alpha value is -1.62. The van der Waals surface area contributed by atoms with Crippen LogP contribution in [0.1, 0.15) is 45.4 Å². The molecule has 0 radical (unpaired) electrons. The molecule has 0 spiro atoms. The molecule has 4 nitrogen and oxygen atoms in total. The Morgan fingerprint density at radius 1 is 1.10 bits per heavy atom. The van der Waals surface area contributed by atoms with Gasteiger partial charge in [-0.2, -0.15) is 0 Å². The van der Waals surface area contributed by atoms with Crippen molar-refractivity contribution in [3.05, 3.63) is 35.5 Å². The van der Waals surface area contributed by atoms with Crippen molar-refractivity contribution in [2.24, 2.45) is 0 Å². The maximum atomic E-state index is 11.5. The lowest BCUT2D eigenvalue weighted by molar-refractivity contribution is -0.151. The van der Waals surface area contributed by atoms with E-state index in [9.17, 15) is 14.4 Å². The van der Waals surface area contributed by atoms with E-state index in [1.807, 2.05) is 19.1 Å². The third-order valence-corrected chi connectivity index (χ3v) is 3.22. The molecule has 0 aliphatic carbocycles. The van der Waals surface area contributed by atoms with E-state index in [4.69, 9.17) is 0 Å². The number of hydrogen-bond acceptors (Lipinski definition) is 4. The standard InChI is InChI=1S/C16H20O4S/c1-2-3-4-5-6-7-8-9-10-12-13(11-14(17)21)16(19)20-15(12)18/h2-3,9-10H,4-8,11H2,1H3,(H,17,21)/b3-2+,10-9+. The van der Waals surface area contributed by atoms with Crippen LogP contribution >= 0.6 is 12.6 Å². The van der Waals surface area contributed by atoms with Gasteiger partial charge in [0.1, 0.15) is 0 Å². The number of carbonyl (C=O) groups excluding carboxylic acids is 3. The first-order chi connectivity index (χ1) is 10.1. The largest absolute Gasteiger partial charge is 0.386 e. The summed E-state index contributed by atoms with van der Waals surface area (Å²) in [5.74, 6) is -1.43. The van der Waals surface area contributed by atoms with Crippen molar-refractivity contribution in [3.63, 3.8) is 0 Å². The maximum absolute atomic E-state index is 11.5. The summed E-state index contributed by atoms with van der Waals surface area (Å²) < 4.78 is 4.51. The summed E-state index contributed by atoms with van der Waals surface area (Å²) in [5, 5.41) is -0.466. The second-order valence-electron chi connectivity index (χ2n) is 4.75. The Morgan fingerprint density at radius 3 is 2.38 bits per heavy atom. The van der Waals surface area contributed by atoms with Crippen molar-refractivity contribution in [2.75, 3.05) is 0 Å². The highest BCUT2D eigenvalue weighted by atomic mass is 32.1. The van der Waals surface area contributed by atoms with Crippen LogP contribution in [0.5, 0.6) is 0 Å². The maximum Gasteiger partial charge on any atom is 0.346 e. The van der Waals surface area contributed by atoms with Gasteiger partial charge in [0.2, 0.25) is 0 Å². The molecule has 0 fully saturated rings. The van der Waals surface area contributed by atoms with Gasteiger partial charge in [-0.3, -0.25) is 4.79 Å². The highest BCUT2D eigenvalue weighted by Crippen LogP contribution is 2.22. The van der Waals surface area contributed by atoms with Crippen LogP contribution < -0.4 is 0 Å². The Bertz CT molecular complexity index is 500. The topological polar surface area (TPSA) is 60.4 Å². The molecule has 0 amide bonds. The zero-order chi connectivity index (χ0) is 15.7. The van der Waals surface area contributed by atoms with Gasteiger partial charge in [-0.25, -0.2) is 9.59 Å². The predicted octanol–water partition coefficient (Wildman–Crippen LogP) is 3.30. The van der Waals surface area contributed by atoms with Crippen LogP contribution in [0.2, 0.25) is 0 Å². The van der Waals surface area contributed by atoms with E-state index >= 15 is 0 Å². The number of rotatable bonds is 9. The third kappa shape index (κ3) is 6.12. The number of unbranched alkanes of at least 4 members (excludes halogenated alkanes) is 4. The Morgan fingerprint density at radius 2 is 1.76 bits per heavy atom. The lowest BCUT2D eigenvalue weighted by Gasteiger charge is -1.96. The Balaban J connectivity index is 2.48. The quantitative estimate of drug-likeness (QED) is 0.233. The summed E-state index contributed by atoms with van der Waals surface area (Å²) in [5.41, 5.74) is 0.278. The molecule has 5 heteroatoms. The minimum Gasteiger partial charge on any atom is -0.386 e. The molecule has 0 saturated carbocycles. The lowest BCUT2D eigenvalue weighted by Crippen LogP contribution is -2.03. The van der Waals surface area contributed by atoms with Crippen molar-refractivity contribution in [3.8, 4) is 0 Å². The van der Waals surface area contributed by atoms with Crippen LogP contribution in [0.15, 0.2) is 35.5 Å².